The first-order valence-electron chi connectivity index (χ1n) is 5.82. The summed E-state index contributed by atoms with van der Waals surface area (Å²) in [6.45, 7) is 6.79. The van der Waals surface area contributed by atoms with Crippen LogP contribution in [0.4, 0.5) is 0 Å². The smallest absolute Gasteiger partial charge is 0.156 e. The van der Waals surface area contributed by atoms with Crippen molar-refractivity contribution >= 4 is 0 Å². The molecular weight excluding hydrogens is 212 g/mol. The number of nitrogens with two attached hydrogens (primary N) is 1. The Morgan fingerprint density at radius 3 is 2.65 bits per heavy atom. The zero-order valence-electron chi connectivity index (χ0n) is 10.6. The Kier molecular flexibility index (Phi) is 3.24. The van der Waals surface area contributed by atoms with Crippen molar-refractivity contribution in [3.8, 4) is 5.82 Å². The molecule has 4 heteroatoms. The van der Waals surface area contributed by atoms with E-state index in [1.807, 2.05) is 17.7 Å². The fourth-order valence-corrected chi connectivity index (χ4v) is 1.90. The monoisotopic (exact) mass is 230 g/mol. The molecule has 0 fully saturated rings. The van der Waals surface area contributed by atoms with Crippen LogP contribution >= 0.6 is 0 Å². The van der Waals surface area contributed by atoms with Gasteiger partial charge in [-0.15, -0.1) is 0 Å². The van der Waals surface area contributed by atoms with Gasteiger partial charge in [0.05, 0.1) is 5.69 Å². The van der Waals surface area contributed by atoms with Crippen LogP contribution in [0.3, 0.4) is 0 Å². The van der Waals surface area contributed by atoms with Crippen LogP contribution in [0.2, 0.25) is 0 Å². The van der Waals surface area contributed by atoms with Gasteiger partial charge in [-0.1, -0.05) is 6.07 Å². The quantitative estimate of drug-likeness (QED) is 0.873. The third kappa shape index (κ3) is 2.08. The molecule has 0 amide bonds. The zero-order chi connectivity index (χ0) is 12.4. The summed E-state index contributed by atoms with van der Waals surface area (Å²) in [7, 11) is 0. The highest BCUT2D eigenvalue weighted by Gasteiger charge is 2.12. The van der Waals surface area contributed by atoms with Gasteiger partial charge in [0.2, 0.25) is 0 Å². The predicted molar refractivity (Wildman–Crippen MR) is 68.3 cm³/mol. The highest BCUT2D eigenvalue weighted by molar-refractivity contribution is 5.37. The largest absolute Gasteiger partial charge is 0.330 e. The van der Waals surface area contributed by atoms with E-state index in [0.717, 1.165) is 29.2 Å². The predicted octanol–water partition coefficient (Wildman–Crippen LogP) is 1.69. The Hall–Kier alpha value is -1.68. The van der Waals surface area contributed by atoms with Crippen molar-refractivity contribution in [1.82, 2.24) is 14.8 Å². The Labute approximate surface area is 101 Å². The second kappa shape index (κ2) is 4.67. The minimum absolute atomic E-state index is 0.622. The van der Waals surface area contributed by atoms with Crippen molar-refractivity contribution in [2.45, 2.75) is 27.2 Å². The highest BCUT2D eigenvalue weighted by Crippen LogP contribution is 2.18. The number of aromatic nitrogens is 3. The molecule has 90 valence electrons. The molecule has 0 bridgehead atoms. The van der Waals surface area contributed by atoms with E-state index in [4.69, 9.17) is 5.73 Å². The van der Waals surface area contributed by atoms with E-state index in [-0.39, 0.29) is 0 Å². The van der Waals surface area contributed by atoms with Crippen LogP contribution in [0.15, 0.2) is 18.3 Å². The van der Waals surface area contributed by atoms with Crippen molar-refractivity contribution in [3.63, 3.8) is 0 Å². The van der Waals surface area contributed by atoms with E-state index in [2.05, 4.69) is 30.0 Å². The molecule has 2 rings (SSSR count). The van der Waals surface area contributed by atoms with Gasteiger partial charge in [-0.3, -0.25) is 0 Å². The molecule has 0 aliphatic rings. The maximum Gasteiger partial charge on any atom is 0.156 e. The van der Waals surface area contributed by atoms with Crippen molar-refractivity contribution in [2.24, 2.45) is 5.73 Å². The van der Waals surface area contributed by atoms with E-state index < -0.39 is 0 Å². The van der Waals surface area contributed by atoms with Gasteiger partial charge in [0.15, 0.2) is 5.82 Å². The van der Waals surface area contributed by atoms with Gasteiger partial charge < -0.3 is 5.73 Å². The molecule has 0 saturated heterocycles. The zero-order valence-corrected chi connectivity index (χ0v) is 10.6. The number of aryl methyl sites for hydroxylation is 1. The highest BCUT2D eigenvalue weighted by atomic mass is 15.3. The fraction of sp³-hybridized carbons (Fsp3) is 0.385. The summed E-state index contributed by atoms with van der Waals surface area (Å²) in [4.78, 5) is 4.43. The molecule has 2 aromatic rings. The number of hydrogen-bond acceptors (Lipinski definition) is 3. The molecule has 0 spiro atoms. The van der Waals surface area contributed by atoms with Crippen molar-refractivity contribution in [2.75, 3.05) is 6.54 Å². The Morgan fingerprint density at radius 1 is 1.29 bits per heavy atom. The number of hydrogen-bond donors (Lipinski definition) is 1. The summed E-state index contributed by atoms with van der Waals surface area (Å²) in [5, 5.41) is 4.54. The van der Waals surface area contributed by atoms with Crippen LogP contribution in [0.5, 0.6) is 0 Å². The lowest BCUT2D eigenvalue weighted by Crippen LogP contribution is -2.10. The fourth-order valence-electron chi connectivity index (χ4n) is 1.90. The van der Waals surface area contributed by atoms with Gasteiger partial charge in [0.1, 0.15) is 0 Å². The topological polar surface area (TPSA) is 56.7 Å². The second-order valence-corrected chi connectivity index (χ2v) is 4.23. The molecule has 0 aromatic carbocycles. The third-order valence-corrected chi connectivity index (χ3v) is 3.13. The van der Waals surface area contributed by atoms with Gasteiger partial charge >= 0.3 is 0 Å². The van der Waals surface area contributed by atoms with Gasteiger partial charge in [0, 0.05) is 11.9 Å². The standard InChI is InChI=1S/C13H18N4/c1-9-10(2)16-17(11(9)3)13-12(6-7-14)5-4-8-15-13/h4-5,8H,6-7,14H2,1-3H3. The summed E-state index contributed by atoms with van der Waals surface area (Å²) in [5.41, 5.74) is 10.2. The summed E-state index contributed by atoms with van der Waals surface area (Å²) in [6, 6.07) is 3.99. The first-order valence-corrected chi connectivity index (χ1v) is 5.82. The van der Waals surface area contributed by atoms with Crippen LogP contribution in [0.25, 0.3) is 5.82 Å². The molecule has 17 heavy (non-hydrogen) atoms. The van der Waals surface area contributed by atoms with Crippen LogP contribution in [0, 0.1) is 20.8 Å². The normalized spacial score (nSPS) is 10.8. The molecule has 2 aromatic heterocycles. The van der Waals surface area contributed by atoms with E-state index >= 15 is 0 Å². The first-order chi connectivity index (χ1) is 8.15. The van der Waals surface area contributed by atoms with Crippen molar-refractivity contribution in [3.05, 3.63) is 40.8 Å². The van der Waals surface area contributed by atoms with E-state index in [0.29, 0.717) is 6.54 Å². The number of pyridine rings is 1. The minimum Gasteiger partial charge on any atom is -0.330 e. The molecule has 0 radical (unpaired) electrons. The lowest BCUT2D eigenvalue weighted by atomic mass is 10.2. The Bertz CT molecular complexity index is 528. The minimum atomic E-state index is 0.622. The van der Waals surface area contributed by atoms with Gasteiger partial charge in [-0.2, -0.15) is 5.10 Å². The van der Waals surface area contributed by atoms with Crippen molar-refractivity contribution < 1.29 is 0 Å². The van der Waals surface area contributed by atoms with Crippen molar-refractivity contribution in [1.29, 1.82) is 0 Å². The Morgan fingerprint density at radius 2 is 2.06 bits per heavy atom. The van der Waals surface area contributed by atoms with Crippen LogP contribution in [0.1, 0.15) is 22.5 Å². The lowest BCUT2D eigenvalue weighted by Gasteiger charge is -2.09. The molecule has 0 aliphatic carbocycles. The molecule has 2 N–H and O–H groups in total. The third-order valence-electron chi connectivity index (χ3n) is 3.13. The average molecular weight is 230 g/mol. The SMILES string of the molecule is Cc1nn(-c2ncccc2CCN)c(C)c1C. The summed E-state index contributed by atoms with van der Waals surface area (Å²) in [6.07, 6.45) is 2.61. The number of rotatable bonds is 3. The van der Waals surface area contributed by atoms with Gasteiger partial charge in [-0.25, -0.2) is 9.67 Å². The molecule has 0 unspecified atom stereocenters. The maximum atomic E-state index is 5.62. The lowest BCUT2D eigenvalue weighted by molar-refractivity contribution is 0.785. The summed E-state index contributed by atoms with van der Waals surface area (Å²) in [5.74, 6) is 0.895. The molecule has 2 heterocycles. The average Bonchev–Trinajstić information content (AvgIpc) is 2.58. The van der Waals surface area contributed by atoms with Gasteiger partial charge in [0.25, 0.3) is 0 Å². The first kappa shape index (κ1) is 11.8. The van der Waals surface area contributed by atoms with Crippen LogP contribution in [-0.4, -0.2) is 21.3 Å². The summed E-state index contributed by atoms with van der Waals surface area (Å²) < 4.78 is 1.91. The van der Waals surface area contributed by atoms with E-state index in [1.165, 1.54) is 5.56 Å². The molecule has 0 saturated carbocycles. The van der Waals surface area contributed by atoms with Crippen LogP contribution in [-0.2, 0) is 6.42 Å². The molecule has 0 atom stereocenters. The van der Waals surface area contributed by atoms with E-state index in [1.54, 1.807) is 6.20 Å². The maximum absolute atomic E-state index is 5.62. The summed E-state index contributed by atoms with van der Waals surface area (Å²) >= 11 is 0. The molecule has 4 nitrogen and oxygen atoms in total. The molecule has 0 aliphatic heterocycles. The van der Waals surface area contributed by atoms with Gasteiger partial charge in [-0.05, 0) is 50.9 Å². The number of nitrogens with zero attached hydrogens (tertiary/aromatic N) is 3. The molecular formula is C13H18N4. The second-order valence-electron chi connectivity index (χ2n) is 4.23. The van der Waals surface area contributed by atoms with E-state index in [9.17, 15) is 0 Å². The Balaban J connectivity index is 2.56. The van der Waals surface area contributed by atoms with Crippen LogP contribution < -0.4 is 5.73 Å².